The third-order valence-corrected chi connectivity index (χ3v) is 6.56. The molecule has 0 aromatic heterocycles. The van der Waals surface area contributed by atoms with Crippen molar-refractivity contribution in [1.29, 1.82) is 0 Å². The summed E-state index contributed by atoms with van der Waals surface area (Å²) in [6.07, 6.45) is -1.53. The van der Waals surface area contributed by atoms with E-state index in [1.807, 2.05) is 19.9 Å². The zero-order chi connectivity index (χ0) is 26.6. The Kier molecular flexibility index (Phi) is 12.0. The van der Waals surface area contributed by atoms with E-state index in [9.17, 15) is 28.2 Å². The van der Waals surface area contributed by atoms with E-state index in [1.165, 1.54) is 17.0 Å². The van der Waals surface area contributed by atoms with Gasteiger partial charge in [-0.1, -0.05) is 48.0 Å². The molecule has 0 unspecified atom stereocenters. The molecule has 0 aliphatic carbocycles. The number of benzene rings is 2. The van der Waals surface area contributed by atoms with Gasteiger partial charge in [-0.3, -0.25) is 18.7 Å². The quantitative estimate of drug-likeness (QED) is 0.235. The Labute approximate surface area is 211 Å². The van der Waals surface area contributed by atoms with E-state index in [-0.39, 0.29) is 31.2 Å². The van der Waals surface area contributed by atoms with Gasteiger partial charge in [-0.15, -0.1) is 0 Å². The van der Waals surface area contributed by atoms with Gasteiger partial charge >= 0.3 is 11.9 Å². The number of nitrogens with zero attached hydrogens (tertiary/aromatic N) is 1. The van der Waals surface area contributed by atoms with Gasteiger partial charge in [0.1, 0.15) is 6.04 Å². The molecule has 11 heteroatoms. The van der Waals surface area contributed by atoms with Crippen LogP contribution in [0, 0.1) is 6.92 Å². The first-order valence-electron chi connectivity index (χ1n) is 11.5. The topological polar surface area (TPSA) is 140 Å². The molecule has 0 aliphatic rings. The lowest BCUT2D eigenvalue weighted by atomic mass is 10.1. The van der Waals surface area contributed by atoms with Gasteiger partial charge in [0.05, 0.1) is 37.2 Å². The van der Waals surface area contributed by atoms with Crippen LogP contribution in [0.25, 0.3) is 0 Å². The van der Waals surface area contributed by atoms with Crippen molar-refractivity contribution < 1.29 is 41.9 Å². The first kappa shape index (κ1) is 29.4. The highest BCUT2D eigenvalue weighted by Crippen LogP contribution is 2.17. The van der Waals surface area contributed by atoms with E-state index in [0.29, 0.717) is 6.61 Å². The summed E-state index contributed by atoms with van der Waals surface area (Å²) in [5.74, 6) is -2.58. The minimum Gasteiger partial charge on any atom is -0.481 e. The van der Waals surface area contributed by atoms with Gasteiger partial charge in [-0.25, -0.2) is 0 Å². The van der Waals surface area contributed by atoms with Gasteiger partial charge in [0.2, 0.25) is 0 Å². The zero-order valence-corrected chi connectivity index (χ0v) is 21.2. The molecule has 0 radical (unpaired) electrons. The first-order chi connectivity index (χ1) is 17.1. The van der Waals surface area contributed by atoms with Crippen LogP contribution in [0.4, 0.5) is 0 Å². The second kappa shape index (κ2) is 14.7. The standard InChI is InChI=1S/C25H33NO9S/c1-3-33-13-14-34-21(18-35-36(31,32)22-11-9-19(2)10-12-22)17-26(16-20-7-5-4-6-8-20)23(25(29)30)15-24(27)28/h4-12,21,23H,3,13-18H2,1-2H3,(H,27,28)(H,29,30)/t21-,23-/m0/s1. The van der Waals surface area contributed by atoms with Crippen molar-refractivity contribution in [2.24, 2.45) is 0 Å². The van der Waals surface area contributed by atoms with Gasteiger partial charge in [0, 0.05) is 19.7 Å². The number of aliphatic carboxylic acids is 2. The molecule has 10 nitrogen and oxygen atoms in total. The minimum atomic E-state index is -4.10. The third kappa shape index (κ3) is 10.0. The Morgan fingerprint density at radius 2 is 1.67 bits per heavy atom. The van der Waals surface area contributed by atoms with Gasteiger partial charge in [0.25, 0.3) is 10.1 Å². The fraction of sp³-hybridized carbons (Fsp3) is 0.440. The molecule has 0 aliphatic heterocycles. The second-order valence-electron chi connectivity index (χ2n) is 8.11. The lowest BCUT2D eigenvalue weighted by Crippen LogP contribution is -2.47. The number of carboxylic acid groups (broad SMARTS) is 2. The molecule has 198 valence electrons. The molecule has 2 aromatic rings. The summed E-state index contributed by atoms with van der Waals surface area (Å²) in [5, 5.41) is 19.1. The fourth-order valence-corrected chi connectivity index (χ4v) is 4.37. The highest BCUT2D eigenvalue weighted by atomic mass is 32.2. The van der Waals surface area contributed by atoms with Crippen molar-refractivity contribution in [3.8, 4) is 0 Å². The average molecular weight is 524 g/mol. The highest BCUT2D eigenvalue weighted by molar-refractivity contribution is 7.86. The van der Waals surface area contributed by atoms with Crippen LogP contribution >= 0.6 is 0 Å². The summed E-state index contributed by atoms with van der Waals surface area (Å²) in [6, 6.07) is 13.8. The smallest absolute Gasteiger partial charge is 0.321 e. The number of carbonyl (C=O) groups is 2. The van der Waals surface area contributed by atoms with E-state index in [2.05, 4.69) is 0 Å². The third-order valence-electron chi connectivity index (χ3n) is 5.26. The SMILES string of the molecule is CCOCCO[C@H](COS(=O)(=O)c1ccc(C)cc1)CN(Cc1ccccc1)[C@@H](CC(=O)O)C(=O)O. The largest absolute Gasteiger partial charge is 0.481 e. The molecule has 36 heavy (non-hydrogen) atoms. The summed E-state index contributed by atoms with van der Waals surface area (Å²) in [7, 11) is -4.10. The molecular formula is C25H33NO9S. The lowest BCUT2D eigenvalue weighted by Gasteiger charge is -2.31. The van der Waals surface area contributed by atoms with Gasteiger partial charge in [-0.2, -0.15) is 8.42 Å². The summed E-state index contributed by atoms with van der Waals surface area (Å²) in [5.41, 5.74) is 1.65. The number of ether oxygens (including phenoxy) is 2. The van der Waals surface area contributed by atoms with Crippen LogP contribution in [0.3, 0.4) is 0 Å². The van der Waals surface area contributed by atoms with Crippen LogP contribution in [0.5, 0.6) is 0 Å². The van der Waals surface area contributed by atoms with Crippen LogP contribution in [-0.2, 0) is 39.9 Å². The Morgan fingerprint density at radius 3 is 2.25 bits per heavy atom. The molecule has 2 aromatic carbocycles. The molecule has 0 amide bonds. The summed E-state index contributed by atoms with van der Waals surface area (Å²) >= 11 is 0. The van der Waals surface area contributed by atoms with Crippen LogP contribution in [-0.4, -0.2) is 80.6 Å². The molecule has 0 saturated carbocycles. The van der Waals surface area contributed by atoms with E-state index >= 15 is 0 Å². The van der Waals surface area contributed by atoms with E-state index in [4.69, 9.17) is 13.7 Å². The normalized spacial score (nSPS) is 13.4. The van der Waals surface area contributed by atoms with Crippen LogP contribution in [0.2, 0.25) is 0 Å². The maximum absolute atomic E-state index is 12.7. The maximum atomic E-state index is 12.7. The van der Waals surface area contributed by atoms with Crippen molar-refractivity contribution in [3.63, 3.8) is 0 Å². The molecule has 0 spiro atoms. The number of hydrogen-bond acceptors (Lipinski definition) is 8. The van der Waals surface area contributed by atoms with E-state index < -0.39 is 47.2 Å². The molecule has 2 N–H and O–H groups in total. The molecule has 0 heterocycles. The number of aryl methyl sites for hydroxylation is 1. The Balaban J connectivity index is 2.25. The predicted octanol–water partition coefficient (Wildman–Crippen LogP) is 2.55. The molecule has 0 bridgehead atoms. The van der Waals surface area contributed by atoms with Crippen molar-refractivity contribution >= 4 is 22.1 Å². The molecule has 2 atom stereocenters. The number of carboxylic acids is 2. The Bertz CT molecular complexity index is 1060. The summed E-state index contributed by atoms with van der Waals surface area (Å²) in [4.78, 5) is 24.8. The summed E-state index contributed by atoms with van der Waals surface area (Å²) < 4.78 is 41.7. The molecule has 2 rings (SSSR count). The molecule has 0 fully saturated rings. The fourth-order valence-electron chi connectivity index (χ4n) is 3.43. The monoisotopic (exact) mass is 523 g/mol. The average Bonchev–Trinajstić information content (AvgIpc) is 2.83. The van der Waals surface area contributed by atoms with Crippen molar-refractivity contribution in [3.05, 3.63) is 65.7 Å². The summed E-state index contributed by atoms with van der Waals surface area (Å²) in [6.45, 7) is 4.10. The minimum absolute atomic E-state index is 0.0170. The highest BCUT2D eigenvalue weighted by Gasteiger charge is 2.31. The van der Waals surface area contributed by atoms with Crippen molar-refractivity contribution in [1.82, 2.24) is 4.90 Å². The van der Waals surface area contributed by atoms with Crippen molar-refractivity contribution in [2.45, 2.75) is 43.9 Å². The first-order valence-corrected chi connectivity index (χ1v) is 12.9. The predicted molar refractivity (Wildman–Crippen MR) is 131 cm³/mol. The second-order valence-corrected chi connectivity index (χ2v) is 9.72. The lowest BCUT2D eigenvalue weighted by molar-refractivity contribution is -0.151. The molecular weight excluding hydrogens is 490 g/mol. The Morgan fingerprint density at radius 1 is 1.00 bits per heavy atom. The van der Waals surface area contributed by atoms with E-state index in [1.54, 1.807) is 36.4 Å². The Hall–Kier alpha value is -2.83. The van der Waals surface area contributed by atoms with Gasteiger partial charge < -0.3 is 19.7 Å². The van der Waals surface area contributed by atoms with Crippen LogP contribution in [0.1, 0.15) is 24.5 Å². The van der Waals surface area contributed by atoms with Crippen LogP contribution < -0.4 is 0 Å². The van der Waals surface area contributed by atoms with Crippen molar-refractivity contribution in [2.75, 3.05) is 33.0 Å². The van der Waals surface area contributed by atoms with E-state index in [0.717, 1.165) is 11.1 Å². The number of hydrogen-bond donors (Lipinski definition) is 2. The van der Waals surface area contributed by atoms with Gasteiger partial charge in [-0.05, 0) is 31.5 Å². The maximum Gasteiger partial charge on any atom is 0.321 e. The zero-order valence-electron chi connectivity index (χ0n) is 20.4. The van der Waals surface area contributed by atoms with Gasteiger partial charge in [0.15, 0.2) is 0 Å². The molecule has 0 saturated heterocycles. The van der Waals surface area contributed by atoms with Crippen LogP contribution in [0.15, 0.2) is 59.5 Å². The number of rotatable bonds is 17.